The van der Waals surface area contributed by atoms with Gasteiger partial charge in [0.1, 0.15) is 4.99 Å². The maximum atomic E-state index is 11.7. The van der Waals surface area contributed by atoms with Gasteiger partial charge in [-0.15, -0.1) is 0 Å². The molecule has 0 aliphatic heterocycles. The van der Waals surface area contributed by atoms with E-state index in [2.05, 4.69) is 4.57 Å². The van der Waals surface area contributed by atoms with Gasteiger partial charge in [0.05, 0.1) is 0 Å². The number of nitrogens with zero attached hydrogens (tertiary/aromatic N) is 2. The molecule has 0 radical (unpaired) electrons. The van der Waals surface area contributed by atoms with E-state index in [9.17, 15) is 4.79 Å². The van der Waals surface area contributed by atoms with E-state index in [1.54, 1.807) is 22.9 Å². The first-order valence-electron chi connectivity index (χ1n) is 6.70. The molecule has 21 heavy (non-hydrogen) atoms. The summed E-state index contributed by atoms with van der Waals surface area (Å²) in [6.45, 7) is 1.34. The van der Waals surface area contributed by atoms with Crippen LogP contribution in [0.3, 0.4) is 0 Å². The first-order valence-corrected chi connectivity index (χ1v) is 7.11. The SMILES string of the molecule is NC(=S)c1cccc2c1ccn2CCn1ccccc1=O. The van der Waals surface area contributed by atoms with Gasteiger partial charge < -0.3 is 14.9 Å². The maximum Gasteiger partial charge on any atom is 0.250 e. The van der Waals surface area contributed by atoms with E-state index < -0.39 is 0 Å². The predicted molar refractivity (Wildman–Crippen MR) is 88.5 cm³/mol. The molecule has 1 aromatic carbocycles. The number of pyridine rings is 1. The molecule has 0 fully saturated rings. The Balaban J connectivity index is 1.92. The molecule has 0 bridgehead atoms. The fourth-order valence-electron chi connectivity index (χ4n) is 2.49. The van der Waals surface area contributed by atoms with Gasteiger partial charge in [0.15, 0.2) is 0 Å². The number of nitrogens with two attached hydrogens (primary N) is 1. The zero-order valence-electron chi connectivity index (χ0n) is 11.4. The van der Waals surface area contributed by atoms with Crippen LogP contribution < -0.4 is 11.3 Å². The standard InChI is InChI=1S/C16H15N3OS/c17-16(21)13-4-3-5-14-12(13)7-9-18(14)10-11-19-8-2-1-6-15(19)20/h1-9H,10-11H2,(H2,17,21). The number of aromatic nitrogens is 2. The second kappa shape index (κ2) is 5.54. The van der Waals surface area contributed by atoms with Crippen molar-refractivity contribution < 1.29 is 0 Å². The summed E-state index contributed by atoms with van der Waals surface area (Å²) in [5, 5.41) is 1.05. The Bertz CT molecular complexity index is 863. The summed E-state index contributed by atoms with van der Waals surface area (Å²) in [5.41, 5.74) is 7.72. The highest BCUT2D eigenvalue weighted by molar-refractivity contribution is 7.80. The Morgan fingerprint density at radius 3 is 2.57 bits per heavy atom. The first kappa shape index (κ1) is 13.6. The van der Waals surface area contributed by atoms with Crippen molar-refractivity contribution in [3.05, 3.63) is 70.8 Å². The molecule has 0 spiro atoms. The van der Waals surface area contributed by atoms with Crippen LogP contribution in [0.15, 0.2) is 59.7 Å². The summed E-state index contributed by atoms with van der Waals surface area (Å²) in [5.74, 6) is 0. The van der Waals surface area contributed by atoms with Gasteiger partial charge in [-0.3, -0.25) is 4.79 Å². The van der Waals surface area contributed by atoms with E-state index in [4.69, 9.17) is 18.0 Å². The molecule has 2 N–H and O–H groups in total. The molecule has 0 aliphatic rings. The third kappa shape index (κ3) is 2.60. The van der Waals surface area contributed by atoms with Crippen LogP contribution in [0.25, 0.3) is 10.9 Å². The van der Waals surface area contributed by atoms with Crippen molar-refractivity contribution in [2.24, 2.45) is 5.73 Å². The number of benzene rings is 1. The molecule has 0 amide bonds. The van der Waals surface area contributed by atoms with Gasteiger partial charge in [-0.05, 0) is 18.2 Å². The highest BCUT2D eigenvalue weighted by Crippen LogP contribution is 2.20. The molecule has 0 saturated heterocycles. The van der Waals surface area contributed by atoms with E-state index in [-0.39, 0.29) is 5.56 Å². The number of aryl methyl sites for hydroxylation is 2. The van der Waals surface area contributed by atoms with E-state index in [0.717, 1.165) is 16.5 Å². The summed E-state index contributed by atoms with van der Waals surface area (Å²) in [6.07, 6.45) is 3.80. The zero-order chi connectivity index (χ0) is 14.8. The molecule has 0 saturated carbocycles. The van der Waals surface area contributed by atoms with Crippen LogP contribution in [0.2, 0.25) is 0 Å². The van der Waals surface area contributed by atoms with Gasteiger partial charge in [0.25, 0.3) is 5.56 Å². The van der Waals surface area contributed by atoms with E-state index in [1.807, 2.05) is 36.5 Å². The predicted octanol–water partition coefficient (Wildman–Crippen LogP) is 2.14. The molecule has 4 nitrogen and oxygen atoms in total. The van der Waals surface area contributed by atoms with Gasteiger partial charge >= 0.3 is 0 Å². The van der Waals surface area contributed by atoms with E-state index >= 15 is 0 Å². The lowest BCUT2D eigenvalue weighted by Crippen LogP contribution is -2.20. The average molecular weight is 297 g/mol. The summed E-state index contributed by atoms with van der Waals surface area (Å²) < 4.78 is 3.81. The summed E-state index contributed by atoms with van der Waals surface area (Å²) in [4.78, 5) is 12.1. The number of fused-ring (bicyclic) bond motifs is 1. The van der Waals surface area contributed by atoms with Gasteiger partial charge in [0.2, 0.25) is 0 Å². The molecular weight excluding hydrogens is 282 g/mol. The van der Waals surface area contributed by atoms with E-state index in [1.165, 1.54) is 0 Å². The van der Waals surface area contributed by atoms with Crippen molar-refractivity contribution in [3.63, 3.8) is 0 Å². The molecule has 5 heteroatoms. The van der Waals surface area contributed by atoms with E-state index in [0.29, 0.717) is 18.1 Å². The fraction of sp³-hybridized carbons (Fsp3) is 0.125. The van der Waals surface area contributed by atoms with Crippen molar-refractivity contribution in [2.45, 2.75) is 13.1 Å². The van der Waals surface area contributed by atoms with Crippen LogP contribution in [0.4, 0.5) is 0 Å². The van der Waals surface area contributed by atoms with Crippen molar-refractivity contribution >= 4 is 28.1 Å². The summed E-state index contributed by atoms with van der Waals surface area (Å²) in [7, 11) is 0. The van der Waals surface area contributed by atoms with Crippen molar-refractivity contribution in [1.82, 2.24) is 9.13 Å². The monoisotopic (exact) mass is 297 g/mol. The zero-order valence-corrected chi connectivity index (χ0v) is 12.2. The van der Waals surface area contributed by atoms with Crippen molar-refractivity contribution in [1.29, 1.82) is 0 Å². The van der Waals surface area contributed by atoms with Crippen molar-refractivity contribution in [3.8, 4) is 0 Å². The Morgan fingerprint density at radius 2 is 1.81 bits per heavy atom. The summed E-state index contributed by atoms with van der Waals surface area (Å²) >= 11 is 5.08. The normalized spacial score (nSPS) is 10.9. The van der Waals surface area contributed by atoms with Crippen LogP contribution in [0.1, 0.15) is 5.56 Å². The third-order valence-electron chi connectivity index (χ3n) is 3.56. The second-order valence-corrected chi connectivity index (χ2v) is 5.28. The molecule has 106 valence electrons. The maximum absolute atomic E-state index is 11.7. The Hall–Kier alpha value is -2.40. The minimum atomic E-state index is 0.0118. The van der Waals surface area contributed by atoms with Gasteiger partial charge in [-0.25, -0.2) is 0 Å². The molecule has 2 heterocycles. The minimum absolute atomic E-state index is 0.0118. The molecule has 3 rings (SSSR count). The minimum Gasteiger partial charge on any atom is -0.389 e. The summed E-state index contributed by atoms with van der Waals surface area (Å²) in [6, 6.07) is 13.1. The largest absolute Gasteiger partial charge is 0.389 e. The van der Waals surface area contributed by atoms with Crippen LogP contribution >= 0.6 is 12.2 Å². The van der Waals surface area contributed by atoms with Gasteiger partial charge in [-0.1, -0.05) is 30.4 Å². The Morgan fingerprint density at radius 1 is 1.00 bits per heavy atom. The van der Waals surface area contributed by atoms with Crippen LogP contribution in [0, 0.1) is 0 Å². The lowest BCUT2D eigenvalue weighted by Gasteiger charge is -2.08. The Kier molecular flexibility index (Phi) is 3.58. The highest BCUT2D eigenvalue weighted by atomic mass is 32.1. The number of rotatable bonds is 4. The van der Waals surface area contributed by atoms with Crippen LogP contribution in [-0.2, 0) is 13.1 Å². The molecule has 0 atom stereocenters. The van der Waals surface area contributed by atoms with Crippen LogP contribution in [0.5, 0.6) is 0 Å². The number of thiocarbonyl (C=S) groups is 1. The van der Waals surface area contributed by atoms with Gasteiger partial charge in [-0.2, -0.15) is 0 Å². The van der Waals surface area contributed by atoms with Crippen LogP contribution in [-0.4, -0.2) is 14.1 Å². The highest BCUT2D eigenvalue weighted by Gasteiger charge is 2.07. The molecule has 0 aliphatic carbocycles. The number of hydrogen-bond donors (Lipinski definition) is 1. The number of hydrogen-bond acceptors (Lipinski definition) is 2. The van der Waals surface area contributed by atoms with Gasteiger partial charge in [0, 0.05) is 48.0 Å². The topological polar surface area (TPSA) is 52.9 Å². The molecule has 0 unspecified atom stereocenters. The lowest BCUT2D eigenvalue weighted by atomic mass is 10.1. The molecule has 3 aromatic rings. The smallest absolute Gasteiger partial charge is 0.250 e. The lowest BCUT2D eigenvalue weighted by molar-refractivity contribution is 0.577. The fourth-order valence-corrected chi connectivity index (χ4v) is 2.67. The molecule has 2 aromatic heterocycles. The van der Waals surface area contributed by atoms with Crippen molar-refractivity contribution in [2.75, 3.05) is 0 Å². The first-order chi connectivity index (χ1) is 10.2. The molecular formula is C16H15N3OS. The Labute approximate surface area is 127 Å². The third-order valence-corrected chi connectivity index (χ3v) is 3.78. The average Bonchev–Trinajstić information content (AvgIpc) is 2.89. The quantitative estimate of drug-likeness (QED) is 0.751. The second-order valence-electron chi connectivity index (χ2n) is 4.84.